The molecule has 122 valence electrons. The van der Waals surface area contributed by atoms with Gasteiger partial charge in [0.1, 0.15) is 17.7 Å². The SMILES string of the molecule is O=C(COCc1nc2ccccc2s1)N[C@H]1CCCCNC1=O. The number of hydrogen-bond acceptors (Lipinski definition) is 5. The van der Waals surface area contributed by atoms with Crippen molar-refractivity contribution in [2.24, 2.45) is 0 Å². The number of amides is 2. The van der Waals surface area contributed by atoms with E-state index in [1.165, 1.54) is 0 Å². The zero-order chi connectivity index (χ0) is 16.1. The molecule has 2 amide bonds. The number of ether oxygens (including phenoxy) is 1. The smallest absolute Gasteiger partial charge is 0.246 e. The molecule has 7 heteroatoms. The Kier molecular flexibility index (Phi) is 5.19. The number of para-hydroxylation sites is 1. The van der Waals surface area contributed by atoms with Crippen LogP contribution in [0, 0.1) is 0 Å². The lowest BCUT2D eigenvalue weighted by molar-refractivity contribution is -0.131. The van der Waals surface area contributed by atoms with E-state index in [1.54, 1.807) is 11.3 Å². The zero-order valence-electron chi connectivity index (χ0n) is 12.7. The number of aromatic nitrogens is 1. The number of nitrogens with one attached hydrogen (secondary N) is 2. The van der Waals surface area contributed by atoms with Gasteiger partial charge in [0, 0.05) is 6.54 Å². The molecule has 3 rings (SSSR count). The molecule has 1 aliphatic rings. The van der Waals surface area contributed by atoms with Crippen LogP contribution in [0.15, 0.2) is 24.3 Å². The van der Waals surface area contributed by atoms with E-state index in [-0.39, 0.29) is 18.4 Å². The third-order valence-electron chi connectivity index (χ3n) is 3.67. The summed E-state index contributed by atoms with van der Waals surface area (Å²) in [5.74, 6) is -0.379. The molecule has 0 unspecified atom stereocenters. The Morgan fingerprint density at radius 1 is 1.39 bits per heavy atom. The van der Waals surface area contributed by atoms with Crippen LogP contribution in [0.2, 0.25) is 0 Å². The van der Waals surface area contributed by atoms with Crippen LogP contribution in [-0.4, -0.2) is 36.0 Å². The molecule has 0 aliphatic carbocycles. The Bertz CT molecular complexity index is 668. The third-order valence-corrected chi connectivity index (χ3v) is 4.68. The predicted octanol–water partition coefficient (Wildman–Crippen LogP) is 1.60. The highest BCUT2D eigenvalue weighted by molar-refractivity contribution is 7.18. The molecular formula is C16H19N3O3S. The van der Waals surface area contributed by atoms with Crippen LogP contribution in [0.25, 0.3) is 10.2 Å². The Morgan fingerprint density at radius 2 is 2.26 bits per heavy atom. The average molecular weight is 333 g/mol. The summed E-state index contributed by atoms with van der Waals surface area (Å²) in [6.07, 6.45) is 2.55. The van der Waals surface area contributed by atoms with Crippen LogP contribution in [0.1, 0.15) is 24.3 Å². The first kappa shape index (κ1) is 15.9. The zero-order valence-corrected chi connectivity index (χ0v) is 13.5. The largest absolute Gasteiger partial charge is 0.364 e. The summed E-state index contributed by atoms with van der Waals surface area (Å²) in [4.78, 5) is 28.1. The number of hydrogen-bond donors (Lipinski definition) is 2. The molecule has 2 N–H and O–H groups in total. The van der Waals surface area contributed by atoms with Crippen molar-refractivity contribution < 1.29 is 14.3 Å². The second-order valence-electron chi connectivity index (χ2n) is 5.48. The minimum atomic E-state index is -0.448. The predicted molar refractivity (Wildman–Crippen MR) is 88.1 cm³/mol. The molecule has 1 aromatic carbocycles. The maximum absolute atomic E-state index is 11.9. The monoisotopic (exact) mass is 333 g/mol. The minimum Gasteiger partial charge on any atom is -0.364 e. The van der Waals surface area contributed by atoms with Crippen molar-refractivity contribution in [3.63, 3.8) is 0 Å². The van der Waals surface area contributed by atoms with Crippen LogP contribution in [0.4, 0.5) is 0 Å². The van der Waals surface area contributed by atoms with Crippen LogP contribution in [0.5, 0.6) is 0 Å². The standard InChI is InChI=1S/C16H19N3O3S/c20-14(18-12-6-3-4-8-17-16(12)21)9-22-10-15-19-11-5-1-2-7-13(11)23-15/h1-2,5,7,12H,3-4,6,8-10H2,(H,17,21)(H,18,20)/t12-/m0/s1. The fraction of sp³-hybridized carbons (Fsp3) is 0.438. The van der Waals surface area contributed by atoms with Gasteiger partial charge in [0.25, 0.3) is 0 Å². The van der Waals surface area contributed by atoms with E-state index in [2.05, 4.69) is 15.6 Å². The van der Waals surface area contributed by atoms with E-state index in [0.29, 0.717) is 19.6 Å². The molecule has 23 heavy (non-hydrogen) atoms. The van der Waals surface area contributed by atoms with Crippen LogP contribution in [-0.2, 0) is 20.9 Å². The maximum Gasteiger partial charge on any atom is 0.246 e. The summed E-state index contributed by atoms with van der Waals surface area (Å²) in [5, 5.41) is 6.36. The summed E-state index contributed by atoms with van der Waals surface area (Å²) in [6.45, 7) is 0.905. The molecule has 2 heterocycles. The van der Waals surface area contributed by atoms with Crippen molar-refractivity contribution in [1.29, 1.82) is 0 Å². The third kappa shape index (κ3) is 4.27. The minimum absolute atomic E-state index is 0.0697. The quantitative estimate of drug-likeness (QED) is 0.871. The van der Waals surface area contributed by atoms with Gasteiger partial charge in [-0.15, -0.1) is 11.3 Å². The lowest BCUT2D eigenvalue weighted by Gasteiger charge is -2.14. The van der Waals surface area contributed by atoms with Crippen LogP contribution < -0.4 is 10.6 Å². The van der Waals surface area contributed by atoms with Crippen LogP contribution >= 0.6 is 11.3 Å². The molecule has 0 bridgehead atoms. The summed E-state index contributed by atoms with van der Waals surface area (Å²) in [5.41, 5.74) is 0.940. The fourth-order valence-corrected chi connectivity index (χ4v) is 3.43. The van der Waals surface area contributed by atoms with Gasteiger partial charge in [-0.1, -0.05) is 12.1 Å². The first-order valence-electron chi connectivity index (χ1n) is 7.71. The van der Waals surface area contributed by atoms with Crippen molar-refractivity contribution in [3.8, 4) is 0 Å². The first-order valence-corrected chi connectivity index (χ1v) is 8.53. The van der Waals surface area contributed by atoms with Gasteiger partial charge in [-0.2, -0.15) is 0 Å². The molecule has 0 radical (unpaired) electrons. The van der Waals surface area contributed by atoms with E-state index < -0.39 is 6.04 Å². The lowest BCUT2D eigenvalue weighted by Crippen LogP contribution is -2.46. The Morgan fingerprint density at radius 3 is 3.13 bits per heavy atom. The number of nitrogens with zero attached hydrogens (tertiary/aromatic N) is 1. The van der Waals surface area contributed by atoms with Crippen molar-refractivity contribution in [1.82, 2.24) is 15.6 Å². The highest BCUT2D eigenvalue weighted by atomic mass is 32.1. The van der Waals surface area contributed by atoms with Crippen molar-refractivity contribution in [2.75, 3.05) is 13.2 Å². The normalized spacial score (nSPS) is 18.4. The molecule has 2 aromatic rings. The first-order chi connectivity index (χ1) is 11.2. The molecule has 0 saturated carbocycles. The molecule has 1 aliphatic heterocycles. The summed E-state index contributed by atoms with van der Waals surface area (Å²) in [6, 6.07) is 7.42. The van der Waals surface area contributed by atoms with Crippen molar-refractivity contribution in [3.05, 3.63) is 29.3 Å². The van der Waals surface area contributed by atoms with Gasteiger partial charge in [-0.3, -0.25) is 9.59 Å². The second kappa shape index (κ2) is 7.52. The molecule has 1 saturated heterocycles. The summed E-state index contributed by atoms with van der Waals surface area (Å²) >= 11 is 1.56. The van der Waals surface area contributed by atoms with Gasteiger partial charge in [0.2, 0.25) is 11.8 Å². The fourth-order valence-electron chi connectivity index (χ4n) is 2.53. The van der Waals surface area contributed by atoms with E-state index in [1.807, 2.05) is 24.3 Å². The summed E-state index contributed by atoms with van der Waals surface area (Å²) < 4.78 is 6.53. The van der Waals surface area contributed by atoms with Gasteiger partial charge >= 0.3 is 0 Å². The number of carbonyl (C=O) groups excluding carboxylic acids is 2. The van der Waals surface area contributed by atoms with E-state index in [4.69, 9.17) is 4.74 Å². The van der Waals surface area contributed by atoms with E-state index in [9.17, 15) is 9.59 Å². The summed E-state index contributed by atoms with van der Waals surface area (Å²) in [7, 11) is 0. The second-order valence-corrected chi connectivity index (χ2v) is 6.59. The maximum atomic E-state index is 11.9. The average Bonchev–Trinajstić information content (AvgIpc) is 2.85. The molecule has 1 atom stereocenters. The Balaban J connectivity index is 1.46. The lowest BCUT2D eigenvalue weighted by atomic mass is 10.1. The number of fused-ring (bicyclic) bond motifs is 1. The van der Waals surface area contributed by atoms with Gasteiger partial charge in [-0.25, -0.2) is 4.98 Å². The molecular weight excluding hydrogens is 314 g/mol. The highest BCUT2D eigenvalue weighted by Crippen LogP contribution is 2.21. The number of carbonyl (C=O) groups is 2. The number of rotatable bonds is 5. The van der Waals surface area contributed by atoms with Gasteiger partial charge < -0.3 is 15.4 Å². The number of benzene rings is 1. The van der Waals surface area contributed by atoms with Gasteiger partial charge in [-0.05, 0) is 31.4 Å². The number of thiazole rings is 1. The van der Waals surface area contributed by atoms with Crippen molar-refractivity contribution >= 4 is 33.4 Å². The van der Waals surface area contributed by atoms with E-state index in [0.717, 1.165) is 28.1 Å². The molecule has 6 nitrogen and oxygen atoms in total. The van der Waals surface area contributed by atoms with Crippen molar-refractivity contribution in [2.45, 2.75) is 31.9 Å². The van der Waals surface area contributed by atoms with E-state index >= 15 is 0 Å². The Labute approximate surface area is 138 Å². The van der Waals surface area contributed by atoms with Gasteiger partial charge in [0.15, 0.2) is 0 Å². The molecule has 1 aromatic heterocycles. The van der Waals surface area contributed by atoms with Crippen LogP contribution in [0.3, 0.4) is 0 Å². The highest BCUT2D eigenvalue weighted by Gasteiger charge is 2.22. The topological polar surface area (TPSA) is 80.3 Å². The Hall–Kier alpha value is -1.99. The van der Waals surface area contributed by atoms with Gasteiger partial charge in [0.05, 0.1) is 16.8 Å². The molecule has 1 fully saturated rings. The molecule has 0 spiro atoms.